The predicted octanol–water partition coefficient (Wildman–Crippen LogP) is 7.72. The van der Waals surface area contributed by atoms with Crippen LogP contribution in [0.5, 0.6) is 0 Å². The summed E-state index contributed by atoms with van der Waals surface area (Å²) >= 11 is 0. The second kappa shape index (κ2) is 12.8. The third kappa shape index (κ3) is 6.79. The minimum atomic E-state index is -2.94. The molecule has 3 aromatic rings. The molecule has 11 heteroatoms. The summed E-state index contributed by atoms with van der Waals surface area (Å²) in [5.41, 5.74) is 2.30. The van der Waals surface area contributed by atoms with Gasteiger partial charge in [-0.1, -0.05) is 45.0 Å². The standard InChI is InChI=1S/C33H44F3N5O2Si/c1-21(26-10-7-11-27(29(26)34)30(35)36)38-32(42)23-17-28(31-39-37-20-41(31)18-23)22-12-14-24(15-13-22)40-16-8-9-25(19-40)43-44(5,6)33(2,3)4/h7,10-12,17-18,20-21,24-25,30H,8-9,13-16,19H2,1-6H3,(H,38,42)/t21-,24?,25+/m1/s1. The number of fused-ring (bicyclic) bond motifs is 1. The van der Waals surface area contributed by atoms with Gasteiger partial charge in [0.15, 0.2) is 14.0 Å². The van der Waals surface area contributed by atoms with Crippen LogP contribution >= 0.6 is 0 Å². The second-order valence-electron chi connectivity index (χ2n) is 13.7. The molecule has 2 aliphatic rings. The lowest BCUT2D eigenvalue weighted by atomic mass is 9.89. The molecule has 1 unspecified atom stereocenters. The fourth-order valence-electron chi connectivity index (χ4n) is 6.11. The SMILES string of the molecule is C[C@@H](NC(=O)c1cc(C2=CCC(N3CCC[C@H](O[Si](C)(C)C(C)(C)C)C3)CC2)c2nncn2c1)c1cccc(C(F)F)c1F. The Kier molecular flexibility index (Phi) is 9.39. The van der Waals surface area contributed by atoms with Crippen molar-refractivity contribution in [1.29, 1.82) is 0 Å². The Balaban J connectivity index is 1.30. The highest BCUT2D eigenvalue weighted by Crippen LogP contribution is 2.39. The fraction of sp³-hybridized carbons (Fsp3) is 0.545. The monoisotopic (exact) mass is 627 g/mol. The molecule has 3 heterocycles. The number of carbonyl (C=O) groups is 1. The van der Waals surface area contributed by atoms with Crippen LogP contribution < -0.4 is 5.32 Å². The number of halogens is 3. The van der Waals surface area contributed by atoms with Gasteiger partial charge in [-0.05, 0) is 75.3 Å². The van der Waals surface area contributed by atoms with Gasteiger partial charge in [-0.15, -0.1) is 10.2 Å². The highest BCUT2D eigenvalue weighted by molar-refractivity contribution is 6.74. The number of piperidine rings is 1. The molecule has 3 atom stereocenters. The molecular formula is C33H44F3N5O2Si. The van der Waals surface area contributed by atoms with E-state index in [0.717, 1.165) is 62.4 Å². The van der Waals surface area contributed by atoms with Gasteiger partial charge in [0.2, 0.25) is 0 Å². The van der Waals surface area contributed by atoms with Crippen molar-refractivity contribution in [3.05, 3.63) is 70.9 Å². The lowest BCUT2D eigenvalue weighted by Crippen LogP contribution is -2.51. The Labute approximate surface area is 259 Å². The largest absolute Gasteiger partial charge is 0.413 e. The average molecular weight is 628 g/mol. The zero-order valence-electron chi connectivity index (χ0n) is 26.5. The maximum Gasteiger partial charge on any atom is 0.266 e. The van der Waals surface area contributed by atoms with E-state index in [4.69, 9.17) is 4.43 Å². The van der Waals surface area contributed by atoms with Crippen LogP contribution in [-0.2, 0) is 4.43 Å². The highest BCUT2D eigenvalue weighted by Gasteiger charge is 2.40. The van der Waals surface area contributed by atoms with Crippen LogP contribution in [0.4, 0.5) is 13.2 Å². The Morgan fingerprint density at radius 2 is 1.93 bits per heavy atom. The molecule has 1 aliphatic heterocycles. The van der Waals surface area contributed by atoms with Gasteiger partial charge in [0.25, 0.3) is 12.3 Å². The number of hydrogen-bond donors (Lipinski definition) is 1. The number of alkyl halides is 2. The molecule has 0 spiro atoms. The topological polar surface area (TPSA) is 71.8 Å². The summed E-state index contributed by atoms with van der Waals surface area (Å²) < 4.78 is 49.7. The summed E-state index contributed by atoms with van der Waals surface area (Å²) in [7, 11) is -1.84. The molecule has 238 valence electrons. The van der Waals surface area contributed by atoms with Crippen LogP contribution in [0, 0.1) is 5.82 Å². The van der Waals surface area contributed by atoms with Crippen LogP contribution in [0.15, 0.2) is 42.9 Å². The van der Waals surface area contributed by atoms with E-state index in [-0.39, 0.29) is 16.7 Å². The number of hydrogen-bond acceptors (Lipinski definition) is 5. The first-order chi connectivity index (χ1) is 20.7. The van der Waals surface area contributed by atoms with E-state index in [0.29, 0.717) is 17.3 Å². The molecule has 1 aromatic carbocycles. The molecule has 1 amide bonds. The molecule has 5 rings (SSSR count). The summed E-state index contributed by atoms with van der Waals surface area (Å²) in [4.78, 5) is 15.9. The molecule has 1 fully saturated rings. The molecule has 0 radical (unpaired) electrons. The van der Waals surface area contributed by atoms with Crippen molar-refractivity contribution in [2.45, 2.75) is 103 Å². The zero-order valence-corrected chi connectivity index (χ0v) is 27.5. The van der Waals surface area contributed by atoms with E-state index in [1.54, 1.807) is 29.9 Å². The number of likely N-dealkylation sites (tertiary alicyclic amines) is 1. The Morgan fingerprint density at radius 1 is 1.18 bits per heavy atom. The van der Waals surface area contributed by atoms with Crippen LogP contribution in [0.1, 0.15) is 99.3 Å². The van der Waals surface area contributed by atoms with Gasteiger partial charge in [0.1, 0.15) is 12.1 Å². The van der Waals surface area contributed by atoms with E-state index in [1.165, 1.54) is 12.1 Å². The number of allylic oxidation sites excluding steroid dienone is 1. The Bertz CT molecular complexity index is 1530. The number of nitrogens with one attached hydrogen (secondary N) is 1. The van der Waals surface area contributed by atoms with Gasteiger partial charge in [-0.2, -0.15) is 0 Å². The van der Waals surface area contributed by atoms with Crippen LogP contribution in [0.2, 0.25) is 18.1 Å². The van der Waals surface area contributed by atoms with Gasteiger partial charge in [0.05, 0.1) is 23.3 Å². The first-order valence-electron chi connectivity index (χ1n) is 15.6. The molecule has 1 saturated heterocycles. The summed E-state index contributed by atoms with van der Waals surface area (Å²) in [5, 5.41) is 11.3. The van der Waals surface area contributed by atoms with Crippen molar-refractivity contribution in [3.8, 4) is 0 Å². The molecule has 1 aliphatic carbocycles. The van der Waals surface area contributed by atoms with Crippen molar-refractivity contribution in [3.63, 3.8) is 0 Å². The van der Waals surface area contributed by atoms with Crippen LogP contribution in [0.25, 0.3) is 11.2 Å². The molecule has 1 N–H and O–H groups in total. The molecule has 7 nitrogen and oxygen atoms in total. The van der Waals surface area contributed by atoms with Crippen LogP contribution in [0.3, 0.4) is 0 Å². The van der Waals surface area contributed by atoms with E-state index in [9.17, 15) is 18.0 Å². The minimum absolute atomic E-state index is 0.0115. The molecule has 2 aromatic heterocycles. The number of rotatable bonds is 8. The maximum absolute atomic E-state index is 14.7. The number of benzene rings is 1. The Morgan fingerprint density at radius 3 is 2.61 bits per heavy atom. The third-order valence-corrected chi connectivity index (χ3v) is 14.2. The van der Waals surface area contributed by atoms with Crippen molar-refractivity contribution in [2.24, 2.45) is 0 Å². The number of pyridine rings is 1. The van der Waals surface area contributed by atoms with Gasteiger partial charge >= 0.3 is 0 Å². The van der Waals surface area contributed by atoms with E-state index < -0.39 is 38.1 Å². The van der Waals surface area contributed by atoms with E-state index in [2.05, 4.69) is 60.4 Å². The lowest BCUT2D eigenvalue weighted by Gasteiger charge is -2.44. The van der Waals surface area contributed by atoms with Crippen molar-refractivity contribution in [1.82, 2.24) is 24.8 Å². The van der Waals surface area contributed by atoms with Crippen LogP contribution in [-0.4, -0.2) is 59.0 Å². The molecule has 0 bridgehead atoms. The lowest BCUT2D eigenvalue weighted by molar-refractivity contribution is 0.0507. The van der Waals surface area contributed by atoms with Crippen molar-refractivity contribution >= 4 is 25.4 Å². The normalized spacial score (nSPS) is 21.0. The predicted molar refractivity (Wildman–Crippen MR) is 169 cm³/mol. The van der Waals surface area contributed by atoms with Gasteiger partial charge < -0.3 is 9.74 Å². The Hall–Kier alpha value is -3.02. The fourth-order valence-corrected chi connectivity index (χ4v) is 7.49. The van der Waals surface area contributed by atoms with Gasteiger partial charge in [0, 0.05) is 29.9 Å². The van der Waals surface area contributed by atoms with Gasteiger partial charge in [-0.3, -0.25) is 14.1 Å². The summed E-state index contributed by atoms with van der Waals surface area (Å²) in [6.07, 6.45) is 7.75. The van der Waals surface area contributed by atoms with E-state index >= 15 is 0 Å². The zero-order chi connectivity index (χ0) is 31.8. The molecular weight excluding hydrogens is 583 g/mol. The summed E-state index contributed by atoms with van der Waals surface area (Å²) in [6, 6.07) is 5.26. The van der Waals surface area contributed by atoms with Gasteiger partial charge in [-0.25, -0.2) is 13.2 Å². The quantitative estimate of drug-likeness (QED) is 0.259. The number of aromatic nitrogens is 3. The average Bonchev–Trinajstić information content (AvgIpc) is 3.45. The smallest absolute Gasteiger partial charge is 0.266 e. The van der Waals surface area contributed by atoms with Crippen molar-refractivity contribution < 1.29 is 22.4 Å². The van der Waals surface area contributed by atoms with Crippen molar-refractivity contribution in [2.75, 3.05) is 13.1 Å². The highest BCUT2D eigenvalue weighted by atomic mass is 28.4. The first kappa shape index (κ1) is 32.4. The minimum Gasteiger partial charge on any atom is -0.413 e. The summed E-state index contributed by atoms with van der Waals surface area (Å²) in [5.74, 6) is -1.44. The maximum atomic E-state index is 14.7. The number of carbonyl (C=O) groups excluding carboxylic acids is 1. The number of amides is 1. The third-order valence-electron chi connectivity index (χ3n) is 9.68. The summed E-state index contributed by atoms with van der Waals surface area (Å²) in [6.45, 7) is 15.1. The second-order valence-corrected chi connectivity index (χ2v) is 18.5. The molecule has 0 saturated carbocycles. The number of nitrogens with zero attached hydrogens (tertiary/aromatic N) is 4. The molecule has 44 heavy (non-hydrogen) atoms. The van der Waals surface area contributed by atoms with E-state index in [1.807, 2.05) is 0 Å². The first-order valence-corrected chi connectivity index (χ1v) is 18.5.